The standard InChI is InChI=1S/C18H24N4O5/c1-12(13-4-5-14-15(10-13)26-9-8-25-14)22(2)18(23)19-11-17-20-16(21-27-17)6-7-24-3/h4-5,10,12H,6-9,11H2,1-3H3,(H,19,23)/t12-/m1/s1. The van der Waals surface area contributed by atoms with Gasteiger partial charge in [-0.2, -0.15) is 4.98 Å². The van der Waals surface area contributed by atoms with Crippen LogP contribution in [0, 0.1) is 0 Å². The van der Waals surface area contributed by atoms with Crippen molar-refractivity contribution in [2.45, 2.75) is 25.9 Å². The molecule has 2 aromatic rings. The van der Waals surface area contributed by atoms with E-state index in [-0.39, 0.29) is 18.6 Å². The fourth-order valence-corrected chi connectivity index (χ4v) is 2.65. The molecule has 1 aliphatic rings. The molecule has 2 heterocycles. The summed E-state index contributed by atoms with van der Waals surface area (Å²) in [7, 11) is 3.34. The molecule has 2 amide bonds. The number of urea groups is 1. The monoisotopic (exact) mass is 376 g/mol. The normalized spacial score (nSPS) is 13.9. The van der Waals surface area contributed by atoms with Crippen molar-refractivity contribution in [2.24, 2.45) is 0 Å². The van der Waals surface area contributed by atoms with Crippen LogP contribution >= 0.6 is 0 Å². The Morgan fingerprint density at radius 3 is 2.89 bits per heavy atom. The summed E-state index contributed by atoms with van der Waals surface area (Å²) in [6, 6.07) is 5.31. The van der Waals surface area contributed by atoms with Gasteiger partial charge in [0.25, 0.3) is 0 Å². The largest absolute Gasteiger partial charge is 0.486 e. The van der Waals surface area contributed by atoms with E-state index in [2.05, 4.69) is 15.5 Å². The summed E-state index contributed by atoms with van der Waals surface area (Å²) in [6.07, 6.45) is 0.564. The maximum absolute atomic E-state index is 12.4. The van der Waals surface area contributed by atoms with Crippen molar-refractivity contribution in [3.8, 4) is 11.5 Å². The van der Waals surface area contributed by atoms with Crippen LogP contribution in [0.4, 0.5) is 4.79 Å². The SMILES string of the molecule is COCCc1noc(CNC(=O)N(C)[C@H](C)c2ccc3c(c2)OCCO3)n1. The Bertz CT molecular complexity index is 779. The molecule has 0 radical (unpaired) electrons. The average Bonchev–Trinajstić information content (AvgIpc) is 3.16. The van der Waals surface area contributed by atoms with Crippen LogP contribution in [0.1, 0.15) is 30.2 Å². The van der Waals surface area contributed by atoms with E-state index in [0.29, 0.717) is 43.7 Å². The Labute approximate surface area is 157 Å². The van der Waals surface area contributed by atoms with Crippen LogP contribution in [-0.4, -0.2) is 55.0 Å². The van der Waals surface area contributed by atoms with Crippen molar-refractivity contribution >= 4 is 6.03 Å². The second-order valence-corrected chi connectivity index (χ2v) is 6.20. The van der Waals surface area contributed by atoms with Gasteiger partial charge in [-0.3, -0.25) is 0 Å². The summed E-state index contributed by atoms with van der Waals surface area (Å²) in [5.41, 5.74) is 0.955. The first-order valence-corrected chi connectivity index (χ1v) is 8.79. The molecule has 1 aromatic heterocycles. The minimum Gasteiger partial charge on any atom is -0.486 e. The summed E-state index contributed by atoms with van der Waals surface area (Å²) in [6.45, 7) is 3.70. The van der Waals surface area contributed by atoms with Crippen LogP contribution in [0.5, 0.6) is 11.5 Å². The van der Waals surface area contributed by atoms with Gasteiger partial charge in [0.15, 0.2) is 17.3 Å². The first-order valence-electron chi connectivity index (χ1n) is 8.79. The predicted octanol–water partition coefficient (Wildman–Crippen LogP) is 1.93. The number of hydrogen-bond donors (Lipinski definition) is 1. The Balaban J connectivity index is 1.55. The number of fused-ring (bicyclic) bond motifs is 1. The van der Waals surface area contributed by atoms with Crippen molar-refractivity contribution < 1.29 is 23.5 Å². The van der Waals surface area contributed by atoms with E-state index in [0.717, 1.165) is 11.3 Å². The van der Waals surface area contributed by atoms with Gasteiger partial charge in [-0.15, -0.1) is 0 Å². The fraction of sp³-hybridized carbons (Fsp3) is 0.500. The number of ether oxygens (including phenoxy) is 3. The van der Waals surface area contributed by atoms with Crippen LogP contribution < -0.4 is 14.8 Å². The Morgan fingerprint density at radius 2 is 2.11 bits per heavy atom. The molecule has 27 heavy (non-hydrogen) atoms. The zero-order valence-corrected chi connectivity index (χ0v) is 15.7. The number of nitrogens with one attached hydrogen (secondary N) is 1. The molecule has 0 fully saturated rings. The van der Waals surface area contributed by atoms with E-state index >= 15 is 0 Å². The second kappa shape index (κ2) is 8.72. The Morgan fingerprint density at radius 1 is 1.33 bits per heavy atom. The van der Waals surface area contributed by atoms with Crippen LogP contribution in [0.25, 0.3) is 0 Å². The molecule has 1 N–H and O–H groups in total. The average molecular weight is 376 g/mol. The summed E-state index contributed by atoms with van der Waals surface area (Å²) >= 11 is 0. The third kappa shape index (κ3) is 4.68. The molecule has 9 heteroatoms. The van der Waals surface area contributed by atoms with E-state index < -0.39 is 0 Å². The number of carbonyl (C=O) groups excluding carboxylic acids is 1. The first-order chi connectivity index (χ1) is 13.1. The van der Waals surface area contributed by atoms with Crippen molar-refractivity contribution in [1.29, 1.82) is 0 Å². The van der Waals surface area contributed by atoms with Crippen LogP contribution in [0.2, 0.25) is 0 Å². The maximum atomic E-state index is 12.4. The molecule has 1 atom stereocenters. The van der Waals surface area contributed by atoms with Gasteiger partial charge >= 0.3 is 6.03 Å². The van der Waals surface area contributed by atoms with Gasteiger partial charge in [0.2, 0.25) is 5.89 Å². The maximum Gasteiger partial charge on any atom is 0.318 e. The van der Waals surface area contributed by atoms with E-state index in [4.69, 9.17) is 18.7 Å². The minimum absolute atomic E-state index is 0.152. The van der Waals surface area contributed by atoms with Gasteiger partial charge in [-0.25, -0.2) is 4.79 Å². The molecular weight excluding hydrogens is 352 g/mol. The lowest BCUT2D eigenvalue weighted by Gasteiger charge is -2.27. The predicted molar refractivity (Wildman–Crippen MR) is 95.7 cm³/mol. The molecule has 1 aromatic carbocycles. The smallest absolute Gasteiger partial charge is 0.318 e. The minimum atomic E-state index is -0.242. The lowest BCUT2D eigenvalue weighted by atomic mass is 10.1. The van der Waals surface area contributed by atoms with Gasteiger partial charge in [-0.1, -0.05) is 11.2 Å². The zero-order valence-electron chi connectivity index (χ0n) is 15.7. The highest BCUT2D eigenvalue weighted by atomic mass is 16.6. The Kier molecular flexibility index (Phi) is 6.12. The van der Waals surface area contributed by atoms with Crippen molar-refractivity contribution in [3.63, 3.8) is 0 Å². The molecule has 0 aliphatic carbocycles. The van der Waals surface area contributed by atoms with Crippen LogP contribution in [0.3, 0.4) is 0 Å². The number of aromatic nitrogens is 2. The van der Waals surface area contributed by atoms with Gasteiger partial charge in [0.1, 0.15) is 13.2 Å². The van der Waals surface area contributed by atoms with Crippen molar-refractivity contribution in [2.75, 3.05) is 34.0 Å². The third-order valence-electron chi connectivity index (χ3n) is 4.38. The lowest BCUT2D eigenvalue weighted by Crippen LogP contribution is -2.38. The first kappa shape index (κ1) is 19.0. The summed E-state index contributed by atoms with van der Waals surface area (Å²) < 4.78 is 21.2. The number of carbonyl (C=O) groups is 1. The second-order valence-electron chi connectivity index (χ2n) is 6.20. The number of rotatable bonds is 7. The molecule has 146 valence electrons. The number of methoxy groups -OCH3 is 1. The van der Waals surface area contributed by atoms with Crippen molar-refractivity contribution in [1.82, 2.24) is 20.4 Å². The molecule has 0 spiro atoms. The van der Waals surface area contributed by atoms with E-state index in [1.54, 1.807) is 19.1 Å². The highest BCUT2D eigenvalue weighted by molar-refractivity contribution is 5.74. The topological polar surface area (TPSA) is 99.0 Å². The molecule has 9 nitrogen and oxygen atoms in total. The molecule has 0 unspecified atom stereocenters. The quantitative estimate of drug-likeness (QED) is 0.788. The van der Waals surface area contributed by atoms with Gasteiger partial charge in [-0.05, 0) is 24.6 Å². The number of hydrogen-bond acceptors (Lipinski definition) is 7. The molecule has 3 rings (SSSR count). The molecule has 1 aliphatic heterocycles. The summed E-state index contributed by atoms with van der Waals surface area (Å²) in [5.74, 6) is 2.34. The zero-order chi connectivity index (χ0) is 19.2. The summed E-state index contributed by atoms with van der Waals surface area (Å²) in [5, 5.41) is 6.63. The molecule has 0 saturated carbocycles. The van der Waals surface area contributed by atoms with Gasteiger partial charge < -0.3 is 29.0 Å². The summed E-state index contributed by atoms with van der Waals surface area (Å²) in [4.78, 5) is 18.3. The molecule has 0 saturated heterocycles. The molecule has 0 bridgehead atoms. The molecular formula is C18H24N4O5. The van der Waals surface area contributed by atoms with Crippen LogP contribution in [-0.2, 0) is 17.7 Å². The fourth-order valence-electron chi connectivity index (χ4n) is 2.65. The number of benzene rings is 1. The highest BCUT2D eigenvalue weighted by Crippen LogP contribution is 2.33. The lowest BCUT2D eigenvalue weighted by molar-refractivity contribution is 0.170. The van der Waals surface area contributed by atoms with Crippen molar-refractivity contribution in [3.05, 3.63) is 35.5 Å². The van der Waals surface area contributed by atoms with Crippen LogP contribution in [0.15, 0.2) is 22.7 Å². The van der Waals surface area contributed by atoms with Gasteiger partial charge in [0.05, 0.1) is 19.2 Å². The van der Waals surface area contributed by atoms with E-state index in [9.17, 15) is 4.79 Å². The van der Waals surface area contributed by atoms with E-state index in [1.807, 2.05) is 25.1 Å². The number of amides is 2. The Hall–Kier alpha value is -2.81. The number of nitrogens with zero attached hydrogens (tertiary/aromatic N) is 3. The highest BCUT2D eigenvalue weighted by Gasteiger charge is 2.20. The van der Waals surface area contributed by atoms with Gasteiger partial charge in [0, 0.05) is 20.6 Å². The third-order valence-corrected chi connectivity index (χ3v) is 4.38. The van der Waals surface area contributed by atoms with E-state index in [1.165, 1.54) is 0 Å².